The van der Waals surface area contributed by atoms with Crippen LogP contribution in [0.3, 0.4) is 0 Å². The molecule has 0 N–H and O–H groups in total. The van der Waals surface area contributed by atoms with E-state index in [1.165, 1.54) is 0 Å². The smallest absolute Gasteiger partial charge is 0.127 e. The Morgan fingerprint density at radius 1 is 1.44 bits per heavy atom. The molecule has 0 amide bonds. The van der Waals surface area contributed by atoms with Crippen molar-refractivity contribution >= 4 is 16.6 Å². The first-order valence-electron chi connectivity index (χ1n) is 5.16. The second kappa shape index (κ2) is 6.19. The minimum absolute atomic E-state index is 0.488. The van der Waals surface area contributed by atoms with Crippen molar-refractivity contribution in [2.24, 2.45) is 0 Å². The molecule has 0 aliphatic rings. The van der Waals surface area contributed by atoms with Crippen molar-refractivity contribution in [2.45, 2.75) is 19.8 Å². The predicted molar refractivity (Wildman–Crippen MR) is 66.3 cm³/mol. The molecule has 0 radical (unpaired) electrons. The van der Waals surface area contributed by atoms with E-state index in [0.29, 0.717) is 22.8 Å². The number of para-hydroxylation sites is 1. The molecule has 0 unspecified atom stereocenters. The molecule has 84 valence electrons. The third kappa shape index (κ3) is 2.77. The molecule has 0 fully saturated rings. The van der Waals surface area contributed by atoms with Crippen LogP contribution in [-0.4, -0.2) is 7.11 Å². The van der Waals surface area contributed by atoms with Crippen molar-refractivity contribution in [1.29, 1.82) is 5.26 Å². The normalized spacial score (nSPS) is 11.6. The molecule has 0 aromatic heterocycles. The standard InChI is InChI=1S/C13H14ClNO/c1-3-6-10(9-15)13(14)11-7-4-5-8-12(11)16-2/h4-5,7-8H,3,6H2,1-2H3. The van der Waals surface area contributed by atoms with Crippen LogP contribution < -0.4 is 4.74 Å². The second-order valence-electron chi connectivity index (χ2n) is 3.35. The molecule has 2 nitrogen and oxygen atoms in total. The molecule has 0 saturated carbocycles. The van der Waals surface area contributed by atoms with Crippen LogP contribution in [-0.2, 0) is 0 Å². The van der Waals surface area contributed by atoms with Crippen molar-refractivity contribution < 1.29 is 4.74 Å². The first-order valence-corrected chi connectivity index (χ1v) is 5.54. The highest BCUT2D eigenvalue weighted by Crippen LogP contribution is 2.32. The van der Waals surface area contributed by atoms with Gasteiger partial charge in [0.25, 0.3) is 0 Å². The summed E-state index contributed by atoms with van der Waals surface area (Å²) in [6.07, 6.45) is 1.58. The average molecular weight is 236 g/mol. The summed E-state index contributed by atoms with van der Waals surface area (Å²) in [6, 6.07) is 9.58. The van der Waals surface area contributed by atoms with Gasteiger partial charge in [-0.1, -0.05) is 37.1 Å². The van der Waals surface area contributed by atoms with Gasteiger partial charge in [-0.3, -0.25) is 0 Å². The molecule has 0 bridgehead atoms. The maximum Gasteiger partial charge on any atom is 0.127 e. The lowest BCUT2D eigenvalue weighted by atomic mass is 10.1. The molecule has 0 aliphatic carbocycles. The van der Waals surface area contributed by atoms with Gasteiger partial charge in [0, 0.05) is 11.1 Å². The fourth-order valence-electron chi connectivity index (χ4n) is 1.45. The van der Waals surface area contributed by atoms with Crippen LogP contribution in [0.25, 0.3) is 5.03 Å². The lowest BCUT2D eigenvalue weighted by Crippen LogP contribution is -1.91. The van der Waals surface area contributed by atoms with Gasteiger partial charge in [-0.15, -0.1) is 0 Å². The SMILES string of the molecule is CCCC(C#N)=C(Cl)c1ccccc1OC. The zero-order chi connectivity index (χ0) is 12.0. The van der Waals surface area contributed by atoms with Gasteiger partial charge in [0.15, 0.2) is 0 Å². The maximum atomic E-state index is 9.02. The van der Waals surface area contributed by atoms with E-state index in [1.54, 1.807) is 7.11 Å². The van der Waals surface area contributed by atoms with Crippen molar-refractivity contribution in [3.05, 3.63) is 35.4 Å². The van der Waals surface area contributed by atoms with E-state index < -0.39 is 0 Å². The first-order chi connectivity index (χ1) is 7.74. The summed E-state index contributed by atoms with van der Waals surface area (Å²) in [5.41, 5.74) is 1.38. The molecule has 0 heterocycles. The average Bonchev–Trinajstić information content (AvgIpc) is 2.35. The summed E-state index contributed by atoms with van der Waals surface area (Å²) < 4.78 is 5.21. The molecule has 1 aromatic rings. The molecule has 16 heavy (non-hydrogen) atoms. The highest BCUT2D eigenvalue weighted by Gasteiger charge is 2.10. The van der Waals surface area contributed by atoms with Gasteiger partial charge in [0.1, 0.15) is 5.75 Å². The molecule has 1 rings (SSSR count). The van der Waals surface area contributed by atoms with E-state index >= 15 is 0 Å². The highest BCUT2D eigenvalue weighted by molar-refractivity contribution is 6.49. The molecule has 3 heteroatoms. The number of hydrogen-bond donors (Lipinski definition) is 0. The van der Waals surface area contributed by atoms with Crippen molar-refractivity contribution in [3.8, 4) is 11.8 Å². The Morgan fingerprint density at radius 3 is 2.69 bits per heavy atom. The first kappa shape index (κ1) is 12.6. The number of ether oxygens (including phenoxy) is 1. The summed E-state index contributed by atoms with van der Waals surface area (Å²) in [7, 11) is 1.59. The zero-order valence-electron chi connectivity index (χ0n) is 9.46. The molecular formula is C13H14ClNO. The number of benzene rings is 1. The Kier molecular flexibility index (Phi) is 4.88. The topological polar surface area (TPSA) is 33.0 Å². The van der Waals surface area contributed by atoms with Crippen LogP contribution in [0.1, 0.15) is 25.3 Å². The summed E-state index contributed by atoms with van der Waals surface area (Å²) in [4.78, 5) is 0. The fourth-order valence-corrected chi connectivity index (χ4v) is 1.75. The number of nitrogens with zero attached hydrogens (tertiary/aromatic N) is 1. The van der Waals surface area contributed by atoms with E-state index in [4.69, 9.17) is 21.6 Å². The summed E-state index contributed by atoms with van der Waals surface area (Å²) in [5.74, 6) is 0.691. The fraction of sp³-hybridized carbons (Fsp3) is 0.308. The minimum atomic E-state index is 0.488. The molecule has 0 aliphatic heterocycles. The monoisotopic (exact) mass is 235 g/mol. The van der Waals surface area contributed by atoms with Gasteiger partial charge in [-0.25, -0.2) is 0 Å². The number of hydrogen-bond acceptors (Lipinski definition) is 2. The molecule has 0 saturated heterocycles. The summed E-state index contributed by atoms with van der Waals surface area (Å²) in [6.45, 7) is 2.02. The molecule has 1 aromatic carbocycles. The Hall–Kier alpha value is -1.46. The summed E-state index contributed by atoms with van der Waals surface area (Å²) >= 11 is 6.21. The van der Waals surface area contributed by atoms with Gasteiger partial charge < -0.3 is 4.74 Å². The van der Waals surface area contributed by atoms with Gasteiger partial charge >= 0.3 is 0 Å². The van der Waals surface area contributed by atoms with Crippen LogP contribution in [0.5, 0.6) is 5.75 Å². The summed E-state index contributed by atoms with van der Waals surface area (Å²) in [5, 5.41) is 9.51. The van der Waals surface area contributed by atoms with E-state index in [1.807, 2.05) is 31.2 Å². The quantitative estimate of drug-likeness (QED) is 0.740. The number of allylic oxidation sites excluding steroid dienone is 1. The number of nitriles is 1. The van der Waals surface area contributed by atoms with Gasteiger partial charge in [0.05, 0.1) is 18.2 Å². The van der Waals surface area contributed by atoms with Crippen LogP contribution in [0.15, 0.2) is 29.8 Å². The largest absolute Gasteiger partial charge is 0.496 e. The van der Waals surface area contributed by atoms with Crippen LogP contribution in [0, 0.1) is 11.3 Å². The number of halogens is 1. The van der Waals surface area contributed by atoms with Crippen LogP contribution in [0.2, 0.25) is 0 Å². The molecule has 0 spiro atoms. The van der Waals surface area contributed by atoms with Gasteiger partial charge in [0.2, 0.25) is 0 Å². The minimum Gasteiger partial charge on any atom is -0.496 e. The Bertz CT molecular complexity index is 432. The lowest BCUT2D eigenvalue weighted by molar-refractivity contribution is 0.413. The maximum absolute atomic E-state index is 9.02. The van der Waals surface area contributed by atoms with Gasteiger partial charge in [-0.05, 0) is 18.6 Å². The third-order valence-electron chi connectivity index (χ3n) is 2.24. The van der Waals surface area contributed by atoms with Gasteiger partial charge in [-0.2, -0.15) is 5.26 Å². The number of rotatable bonds is 4. The van der Waals surface area contributed by atoms with E-state index in [9.17, 15) is 0 Å². The second-order valence-corrected chi connectivity index (χ2v) is 3.73. The predicted octanol–water partition coefficient (Wildman–Crippen LogP) is 3.97. The zero-order valence-corrected chi connectivity index (χ0v) is 10.2. The molecular weight excluding hydrogens is 222 g/mol. The van der Waals surface area contributed by atoms with Crippen molar-refractivity contribution in [3.63, 3.8) is 0 Å². The van der Waals surface area contributed by atoms with Crippen LogP contribution in [0.4, 0.5) is 0 Å². The van der Waals surface area contributed by atoms with Crippen LogP contribution >= 0.6 is 11.6 Å². The van der Waals surface area contributed by atoms with Crippen molar-refractivity contribution in [1.82, 2.24) is 0 Å². The third-order valence-corrected chi connectivity index (χ3v) is 2.68. The Labute approximate surface area is 101 Å². The van der Waals surface area contributed by atoms with E-state index in [2.05, 4.69) is 6.07 Å². The Balaban J connectivity index is 3.21. The van der Waals surface area contributed by atoms with E-state index in [-0.39, 0.29) is 0 Å². The molecule has 0 atom stereocenters. The van der Waals surface area contributed by atoms with Crippen molar-refractivity contribution in [2.75, 3.05) is 7.11 Å². The number of methoxy groups -OCH3 is 1. The Morgan fingerprint density at radius 2 is 2.12 bits per heavy atom. The highest BCUT2D eigenvalue weighted by atomic mass is 35.5. The van der Waals surface area contributed by atoms with E-state index in [0.717, 1.165) is 12.0 Å². The lowest BCUT2D eigenvalue weighted by Gasteiger charge is -2.08.